The summed E-state index contributed by atoms with van der Waals surface area (Å²) in [5.74, 6) is -0.150. The van der Waals surface area contributed by atoms with Gasteiger partial charge in [0, 0.05) is 17.3 Å². The Morgan fingerprint density at radius 3 is 1.94 bits per heavy atom. The zero-order valence-corrected chi connectivity index (χ0v) is 11.0. The van der Waals surface area contributed by atoms with E-state index in [9.17, 15) is 9.59 Å². The maximum absolute atomic E-state index is 11.8. The van der Waals surface area contributed by atoms with Gasteiger partial charge >= 0.3 is 0 Å². The van der Waals surface area contributed by atoms with Gasteiger partial charge < -0.3 is 4.90 Å². The molecule has 1 aliphatic rings. The van der Waals surface area contributed by atoms with Crippen LogP contribution < -0.4 is 0 Å². The average Bonchev–Trinajstić information content (AvgIpc) is 1.97. The summed E-state index contributed by atoms with van der Waals surface area (Å²) in [6, 6.07) is 0. The molecular formula is C13H21NO2. The number of hydrogen-bond donors (Lipinski definition) is 0. The maximum Gasteiger partial charge on any atom is 0.234 e. The van der Waals surface area contributed by atoms with Crippen molar-refractivity contribution in [3.63, 3.8) is 0 Å². The van der Waals surface area contributed by atoms with Crippen molar-refractivity contribution in [2.75, 3.05) is 0 Å². The minimum absolute atomic E-state index is 0.000370. The fraction of sp³-hybridized carbons (Fsp3) is 0.692. The predicted octanol–water partition coefficient (Wildman–Crippen LogP) is 2.52. The van der Waals surface area contributed by atoms with Crippen LogP contribution in [0.25, 0.3) is 0 Å². The lowest BCUT2D eigenvalue weighted by molar-refractivity contribution is -0.137. The van der Waals surface area contributed by atoms with E-state index in [2.05, 4.69) is 0 Å². The molecule has 3 nitrogen and oxygen atoms in total. The van der Waals surface area contributed by atoms with Gasteiger partial charge in [0.25, 0.3) is 0 Å². The van der Waals surface area contributed by atoms with Crippen molar-refractivity contribution in [1.29, 1.82) is 0 Å². The molecule has 1 amide bonds. The number of allylic oxidation sites excluding steroid dienone is 1. The molecule has 0 bridgehead atoms. The minimum atomic E-state index is -0.270. The molecule has 90 valence electrons. The normalized spacial score (nSPS) is 18.9. The fourth-order valence-corrected chi connectivity index (χ4v) is 1.77. The zero-order chi connectivity index (χ0) is 12.7. The highest BCUT2D eigenvalue weighted by Crippen LogP contribution is 2.32. The second-order valence-corrected chi connectivity index (χ2v) is 6.33. The molecule has 0 radical (unpaired) electrons. The summed E-state index contributed by atoms with van der Waals surface area (Å²) in [6.07, 6.45) is 1.73. The van der Waals surface area contributed by atoms with Crippen LogP contribution in [0.4, 0.5) is 0 Å². The van der Waals surface area contributed by atoms with Gasteiger partial charge in [-0.1, -0.05) is 20.8 Å². The van der Waals surface area contributed by atoms with E-state index in [4.69, 9.17) is 0 Å². The van der Waals surface area contributed by atoms with Crippen LogP contribution in [0.2, 0.25) is 0 Å². The molecule has 0 saturated heterocycles. The van der Waals surface area contributed by atoms with Gasteiger partial charge in [0.05, 0.1) is 6.42 Å². The quantitative estimate of drug-likeness (QED) is 0.592. The van der Waals surface area contributed by atoms with Crippen molar-refractivity contribution in [3.8, 4) is 0 Å². The lowest BCUT2D eigenvalue weighted by Crippen LogP contribution is -2.46. The van der Waals surface area contributed by atoms with E-state index in [1.54, 1.807) is 11.1 Å². The zero-order valence-electron chi connectivity index (χ0n) is 11.0. The third-order valence-corrected chi connectivity index (χ3v) is 2.67. The van der Waals surface area contributed by atoms with Crippen LogP contribution in [0.3, 0.4) is 0 Å². The number of nitrogens with zero attached hydrogens (tertiary/aromatic N) is 1. The van der Waals surface area contributed by atoms with E-state index < -0.39 is 0 Å². The SMILES string of the molecule is CC(C)(C)C1=CN(C(C)(C)C)C(=O)CC1=O. The van der Waals surface area contributed by atoms with Crippen LogP contribution >= 0.6 is 0 Å². The van der Waals surface area contributed by atoms with Gasteiger partial charge in [-0.3, -0.25) is 9.59 Å². The molecule has 0 aromatic heterocycles. The molecule has 1 heterocycles. The Kier molecular flexibility index (Phi) is 3.01. The molecule has 0 saturated carbocycles. The third-order valence-electron chi connectivity index (χ3n) is 2.67. The Labute approximate surface area is 97.5 Å². The highest BCUT2D eigenvalue weighted by atomic mass is 16.2. The first-order valence-electron chi connectivity index (χ1n) is 5.61. The second-order valence-electron chi connectivity index (χ2n) is 6.33. The van der Waals surface area contributed by atoms with Crippen molar-refractivity contribution in [2.45, 2.75) is 53.5 Å². The Morgan fingerprint density at radius 2 is 1.56 bits per heavy atom. The van der Waals surface area contributed by atoms with Crippen molar-refractivity contribution < 1.29 is 9.59 Å². The summed E-state index contributed by atoms with van der Waals surface area (Å²) in [6.45, 7) is 11.9. The molecule has 0 aliphatic carbocycles. The molecule has 3 heteroatoms. The Bertz CT molecular complexity index is 353. The summed E-state index contributed by atoms with van der Waals surface area (Å²) >= 11 is 0. The standard InChI is InChI=1S/C13H21NO2/c1-12(2,3)9-8-14(13(4,5)6)11(16)7-10(9)15/h8H,7H2,1-6H3. The van der Waals surface area contributed by atoms with E-state index in [1.165, 1.54) is 0 Å². The predicted molar refractivity (Wildman–Crippen MR) is 63.8 cm³/mol. The van der Waals surface area contributed by atoms with E-state index in [-0.39, 0.29) is 29.1 Å². The third kappa shape index (κ3) is 2.52. The number of carbonyl (C=O) groups excluding carboxylic acids is 2. The largest absolute Gasteiger partial charge is 0.313 e. The molecule has 16 heavy (non-hydrogen) atoms. The first kappa shape index (κ1) is 12.9. The van der Waals surface area contributed by atoms with Crippen LogP contribution in [0, 0.1) is 5.41 Å². The summed E-state index contributed by atoms with van der Waals surface area (Å²) in [5.41, 5.74) is 0.261. The van der Waals surface area contributed by atoms with E-state index in [1.807, 2.05) is 41.5 Å². The number of hydrogen-bond acceptors (Lipinski definition) is 2. The average molecular weight is 223 g/mol. The van der Waals surface area contributed by atoms with E-state index in [0.29, 0.717) is 0 Å². The Hall–Kier alpha value is -1.12. The molecule has 0 N–H and O–H groups in total. The van der Waals surface area contributed by atoms with Crippen molar-refractivity contribution in [1.82, 2.24) is 4.90 Å². The van der Waals surface area contributed by atoms with Crippen molar-refractivity contribution >= 4 is 11.7 Å². The smallest absolute Gasteiger partial charge is 0.234 e. The molecule has 1 aliphatic heterocycles. The second kappa shape index (κ2) is 3.72. The molecule has 0 aromatic rings. The van der Waals surface area contributed by atoms with Crippen LogP contribution in [0.15, 0.2) is 11.8 Å². The first-order chi connectivity index (χ1) is 7.03. The maximum atomic E-state index is 11.8. The monoisotopic (exact) mass is 223 g/mol. The molecule has 0 fully saturated rings. The summed E-state index contributed by atoms with van der Waals surface area (Å²) in [5, 5.41) is 0. The molecule has 0 unspecified atom stereocenters. The topological polar surface area (TPSA) is 37.4 Å². The van der Waals surface area contributed by atoms with Crippen LogP contribution in [-0.4, -0.2) is 22.1 Å². The van der Waals surface area contributed by atoms with Crippen LogP contribution in [-0.2, 0) is 9.59 Å². The van der Waals surface area contributed by atoms with Crippen LogP contribution in [0.5, 0.6) is 0 Å². The first-order valence-corrected chi connectivity index (χ1v) is 5.61. The number of ketones is 1. The van der Waals surface area contributed by atoms with Gasteiger partial charge in [-0.25, -0.2) is 0 Å². The molecular weight excluding hydrogens is 202 g/mol. The molecule has 1 rings (SSSR count). The summed E-state index contributed by atoms with van der Waals surface area (Å²) < 4.78 is 0. The Balaban J connectivity index is 3.19. The molecule has 0 spiro atoms. The highest BCUT2D eigenvalue weighted by molar-refractivity contribution is 6.10. The van der Waals surface area contributed by atoms with Gasteiger partial charge in [0.2, 0.25) is 5.91 Å². The van der Waals surface area contributed by atoms with Gasteiger partial charge in [-0.15, -0.1) is 0 Å². The number of amides is 1. The van der Waals surface area contributed by atoms with Crippen molar-refractivity contribution in [3.05, 3.63) is 11.8 Å². The number of rotatable bonds is 0. The summed E-state index contributed by atoms with van der Waals surface area (Å²) in [7, 11) is 0. The van der Waals surface area contributed by atoms with Gasteiger partial charge in [0.1, 0.15) is 0 Å². The van der Waals surface area contributed by atoms with E-state index >= 15 is 0 Å². The van der Waals surface area contributed by atoms with E-state index in [0.717, 1.165) is 5.57 Å². The van der Waals surface area contributed by atoms with Gasteiger partial charge in [0.15, 0.2) is 5.78 Å². The summed E-state index contributed by atoms with van der Waals surface area (Å²) in [4.78, 5) is 25.3. The lowest BCUT2D eigenvalue weighted by Gasteiger charge is -2.38. The fourth-order valence-electron chi connectivity index (χ4n) is 1.77. The number of carbonyl (C=O) groups is 2. The van der Waals surface area contributed by atoms with Gasteiger partial charge in [-0.2, -0.15) is 0 Å². The van der Waals surface area contributed by atoms with Crippen molar-refractivity contribution in [2.24, 2.45) is 5.41 Å². The number of Topliss-reactive ketones (excluding diaryl/α,β-unsaturated/α-hetero) is 1. The minimum Gasteiger partial charge on any atom is -0.313 e. The van der Waals surface area contributed by atoms with Crippen LogP contribution in [0.1, 0.15) is 48.0 Å². The molecule has 0 atom stereocenters. The highest BCUT2D eigenvalue weighted by Gasteiger charge is 2.36. The Morgan fingerprint density at radius 1 is 1.06 bits per heavy atom. The lowest BCUT2D eigenvalue weighted by atomic mass is 9.81. The van der Waals surface area contributed by atoms with Gasteiger partial charge in [-0.05, 0) is 26.2 Å². The molecule has 0 aromatic carbocycles.